The van der Waals surface area contributed by atoms with Gasteiger partial charge in [-0.15, -0.1) is 0 Å². The fourth-order valence-electron chi connectivity index (χ4n) is 2.90. The van der Waals surface area contributed by atoms with Crippen molar-refractivity contribution < 1.29 is 23.5 Å². The summed E-state index contributed by atoms with van der Waals surface area (Å²) in [6, 6.07) is 18.5. The maximum Gasteiger partial charge on any atom is 0.249 e. The Balaban J connectivity index is 1.58. The van der Waals surface area contributed by atoms with Gasteiger partial charge in [-0.3, -0.25) is 9.59 Å². The van der Waals surface area contributed by atoms with Gasteiger partial charge in [0.05, 0.1) is 17.3 Å². The molecule has 2 N–H and O–H groups in total. The zero-order valence-corrected chi connectivity index (χ0v) is 20.0. The number of anilines is 1. The molecule has 0 atom stereocenters. The zero-order chi connectivity index (χ0) is 24.3. The minimum Gasteiger partial charge on any atom is -0.490 e. The SMILES string of the molecule is CCOc1cc(C=NNC(=O)CC(=O)Nc2ccc(F)cc2)cc(Br)c1OCc1ccccc1. The van der Waals surface area contributed by atoms with E-state index in [0.29, 0.717) is 40.4 Å². The zero-order valence-electron chi connectivity index (χ0n) is 18.4. The van der Waals surface area contributed by atoms with Gasteiger partial charge in [0.15, 0.2) is 11.5 Å². The van der Waals surface area contributed by atoms with E-state index in [0.717, 1.165) is 5.56 Å². The molecular weight excluding hydrogens is 505 g/mol. The van der Waals surface area contributed by atoms with E-state index in [1.807, 2.05) is 37.3 Å². The van der Waals surface area contributed by atoms with Crippen molar-refractivity contribution in [3.05, 3.63) is 88.1 Å². The van der Waals surface area contributed by atoms with Crippen LogP contribution in [0.15, 0.2) is 76.3 Å². The van der Waals surface area contributed by atoms with Crippen LogP contribution in [0.5, 0.6) is 11.5 Å². The Labute approximate surface area is 205 Å². The van der Waals surface area contributed by atoms with Crippen molar-refractivity contribution in [2.75, 3.05) is 11.9 Å². The number of hydrazone groups is 1. The van der Waals surface area contributed by atoms with E-state index in [1.165, 1.54) is 30.5 Å². The van der Waals surface area contributed by atoms with Crippen LogP contribution >= 0.6 is 15.9 Å². The molecule has 0 aliphatic rings. The first-order chi connectivity index (χ1) is 16.4. The average Bonchev–Trinajstić information content (AvgIpc) is 2.81. The van der Waals surface area contributed by atoms with Crippen molar-refractivity contribution in [3.8, 4) is 11.5 Å². The first-order valence-electron chi connectivity index (χ1n) is 10.4. The molecule has 0 heterocycles. The van der Waals surface area contributed by atoms with Crippen molar-refractivity contribution in [1.82, 2.24) is 5.43 Å². The van der Waals surface area contributed by atoms with Crippen molar-refractivity contribution in [2.45, 2.75) is 20.0 Å². The number of ether oxygens (including phenoxy) is 2. The summed E-state index contributed by atoms with van der Waals surface area (Å²) in [5.41, 5.74) is 4.38. The highest BCUT2D eigenvalue weighted by Crippen LogP contribution is 2.37. The molecule has 0 fully saturated rings. The lowest BCUT2D eigenvalue weighted by Crippen LogP contribution is -2.24. The topological polar surface area (TPSA) is 89.0 Å². The highest BCUT2D eigenvalue weighted by Gasteiger charge is 2.13. The Morgan fingerprint density at radius 1 is 1.03 bits per heavy atom. The first kappa shape index (κ1) is 24.9. The fraction of sp³-hybridized carbons (Fsp3) is 0.160. The summed E-state index contributed by atoms with van der Waals surface area (Å²) in [5.74, 6) is -0.466. The minimum atomic E-state index is -0.595. The summed E-state index contributed by atoms with van der Waals surface area (Å²) < 4.78 is 25.3. The number of nitrogens with one attached hydrogen (secondary N) is 2. The average molecular weight is 528 g/mol. The molecule has 0 radical (unpaired) electrons. The standard InChI is InChI=1S/C25H23BrFN3O4/c1-2-33-22-13-18(12-21(26)25(22)34-16-17-6-4-3-5-7-17)15-28-30-24(32)14-23(31)29-20-10-8-19(27)9-11-20/h3-13,15H,2,14,16H2,1H3,(H,29,31)(H,30,32). The van der Waals surface area contributed by atoms with E-state index in [1.54, 1.807) is 12.1 Å². The number of carbonyl (C=O) groups excluding carboxylic acids is 2. The normalized spacial score (nSPS) is 10.7. The van der Waals surface area contributed by atoms with Crippen molar-refractivity contribution >= 4 is 39.6 Å². The Bertz CT molecular complexity index is 1150. The molecule has 0 aliphatic heterocycles. The number of benzene rings is 3. The van der Waals surface area contributed by atoms with Crippen LogP contribution < -0.4 is 20.2 Å². The van der Waals surface area contributed by atoms with Crippen LogP contribution in [0.3, 0.4) is 0 Å². The van der Waals surface area contributed by atoms with Crippen molar-refractivity contribution in [1.29, 1.82) is 0 Å². The summed E-state index contributed by atoms with van der Waals surface area (Å²) in [7, 11) is 0. The van der Waals surface area contributed by atoms with Gasteiger partial charge in [0.2, 0.25) is 11.8 Å². The molecule has 0 aliphatic carbocycles. The summed E-state index contributed by atoms with van der Waals surface area (Å²) in [5, 5.41) is 6.42. The maximum absolute atomic E-state index is 12.9. The number of carbonyl (C=O) groups is 2. The molecule has 0 saturated heterocycles. The fourth-order valence-corrected chi connectivity index (χ4v) is 3.47. The number of nitrogens with zero attached hydrogens (tertiary/aromatic N) is 1. The van der Waals surface area contributed by atoms with Gasteiger partial charge in [-0.2, -0.15) is 5.10 Å². The summed E-state index contributed by atoms with van der Waals surface area (Å²) in [6.07, 6.45) is 0.999. The van der Waals surface area contributed by atoms with Crippen LogP contribution in [-0.4, -0.2) is 24.6 Å². The number of hydrogen-bond acceptors (Lipinski definition) is 5. The lowest BCUT2D eigenvalue weighted by Gasteiger charge is -2.14. The van der Waals surface area contributed by atoms with Crippen LogP contribution in [0.1, 0.15) is 24.5 Å². The molecule has 0 bridgehead atoms. The number of hydrogen-bond donors (Lipinski definition) is 2. The molecule has 0 saturated carbocycles. The van der Waals surface area contributed by atoms with Gasteiger partial charge < -0.3 is 14.8 Å². The van der Waals surface area contributed by atoms with E-state index < -0.39 is 24.1 Å². The molecule has 9 heteroatoms. The van der Waals surface area contributed by atoms with Gasteiger partial charge in [-0.05, 0) is 70.4 Å². The molecule has 34 heavy (non-hydrogen) atoms. The minimum absolute atomic E-state index is 0.378. The van der Waals surface area contributed by atoms with Gasteiger partial charge in [0.25, 0.3) is 0 Å². The van der Waals surface area contributed by atoms with E-state index in [4.69, 9.17) is 9.47 Å². The quantitative estimate of drug-likeness (QED) is 0.219. The van der Waals surface area contributed by atoms with Crippen LogP contribution in [0.25, 0.3) is 0 Å². The largest absolute Gasteiger partial charge is 0.490 e. The van der Waals surface area contributed by atoms with Crippen LogP contribution in [0.2, 0.25) is 0 Å². The molecule has 3 aromatic rings. The van der Waals surface area contributed by atoms with E-state index in [9.17, 15) is 14.0 Å². The molecule has 3 aromatic carbocycles. The highest BCUT2D eigenvalue weighted by molar-refractivity contribution is 9.10. The maximum atomic E-state index is 12.9. The Kier molecular flexibility index (Phi) is 9.16. The summed E-state index contributed by atoms with van der Waals surface area (Å²) in [6.45, 7) is 2.69. The van der Waals surface area contributed by atoms with Gasteiger partial charge >= 0.3 is 0 Å². The molecule has 0 spiro atoms. The number of rotatable bonds is 10. The number of halogens is 2. The van der Waals surface area contributed by atoms with Crippen LogP contribution in [-0.2, 0) is 16.2 Å². The third-order valence-electron chi connectivity index (χ3n) is 4.41. The second-order valence-corrected chi connectivity index (χ2v) is 7.92. The molecule has 0 unspecified atom stereocenters. The summed E-state index contributed by atoms with van der Waals surface area (Å²) in [4.78, 5) is 23.9. The first-order valence-corrected chi connectivity index (χ1v) is 11.2. The van der Waals surface area contributed by atoms with Gasteiger partial charge in [-0.25, -0.2) is 9.82 Å². The summed E-state index contributed by atoms with van der Waals surface area (Å²) >= 11 is 3.50. The van der Waals surface area contributed by atoms with Crippen molar-refractivity contribution in [3.63, 3.8) is 0 Å². The van der Waals surface area contributed by atoms with Crippen LogP contribution in [0, 0.1) is 5.82 Å². The lowest BCUT2D eigenvalue weighted by atomic mass is 10.2. The van der Waals surface area contributed by atoms with E-state index >= 15 is 0 Å². The van der Waals surface area contributed by atoms with Crippen LogP contribution in [0.4, 0.5) is 10.1 Å². The predicted molar refractivity (Wildman–Crippen MR) is 131 cm³/mol. The molecular formula is C25H23BrFN3O4. The smallest absolute Gasteiger partial charge is 0.249 e. The van der Waals surface area contributed by atoms with E-state index in [-0.39, 0.29) is 0 Å². The Morgan fingerprint density at radius 3 is 2.47 bits per heavy atom. The second kappa shape index (κ2) is 12.5. The third-order valence-corrected chi connectivity index (χ3v) is 5.00. The highest BCUT2D eigenvalue weighted by atomic mass is 79.9. The van der Waals surface area contributed by atoms with Crippen molar-refractivity contribution in [2.24, 2.45) is 5.10 Å². The van der Waals surface area contributed by atoms with Gasteiger partial charge in [-0.1, -0.05) is 30.3 Å². The third kappa shape index (κ3) is 7.70. The predicted octanol–water partition coefficient (Wildman–Crippen LogP) is 5.04. The molecule has 0 aromatic heterocycles. The second-order valence-electron chi connectivity index (χ2n) is 7.06. The van der Waals surface area contributed by atoms with E-state index in [2.05, 4.69) is 31.8 Å². The Morgan fingerprint density at radius 2 is 1.76 bits per heavy atom. The van der Waals surface area contributed by atoms with Gasteiger partial charge in [0, 0.05) is 5.69 Å². The monoisotopic (exact) mass is 527 g/mol. The van der Waals surface area contributed by atoms with Gasteiger partial charge in [0.1, 0.15) is 18.8 Å². The molecule has 176 valence electrons. The number of amides is 2. The Hall–Kier alpha value is -3.72. The lowest BCUT2D eigenvalue weighted by molar-refractivity contribution is -0.126. The molecule has 3 rings (SSSR count). The molecule has 7 nitrogen and oxygen atoms in total. The molecule has 2 amide bonds.